The Kier molecular flexibility index (Phi) is 5.26. The van der Waals surface area contributed by atoms with Crippen molar-refractivity contribution in [3.05, 3.63) is 17.5 Å². The summed E-state index contributed by atoms with van der Waals surface area (Å²) in [5.41, 5.74) is -0.417. The lowest BCUT2D eigenvalue weighted by Gasteiger charge is -2.44. The van der Waals surface area contributed by atoms with Crippen LogP contribution in [0.1, 0.15) is 40.0 Å². The second-order valence-corrected chi connectivity index (χ2v) is 10.5. The number of hydrogen-bond acceptors (Lipinski definition) is 5. The standard InChI is InChI=1S/C17H26N2O4S2/c1-13-11-18(12-17(2,3)23-13)16(20)14-7-4-5-9-19(14)25(21,22)15-8-6-10-24-15/h6,8,10,13-14H,4-5,7,9,11-12H2,1-3H3. The Labute approximate surface area is 153 Å². The average molecular weight is 387 g/mol. The van der Waals surface area contributed by atoms with E-state index < -0.39 is 21.7 Å². The minimum Gasteiger partial charge on any atom is -0.369 e. The number of piperidine rings is 1. The van der Waals surface area contributed by atoms with E-state index in [1.807, 2.05) is 20.8 Å². The summed E-state index contributed by atoms with van der Waals surface area (Å²) in [5, 5.41) is 1.75. The van der Waals surface area contributed by atoms with Crippen molar-refractivity contribution in [1.82, 2.24) is 9.21 Å². The van der Waals surface area contributed by atoms with E-state index in [2.05, 4.69) is 0 Å². The molecule has 140 valence electrons. The lowest BCUT2D eigenvalue weighted by molar-refractivity contribution is -0.162. The molecule has 2 unspecified atom stereocenters. The van der Waals surface area contributed by atoms with Crippen LogP contribution in [0, 0.1) is 0 Å². The average Bonchev–Trinajstić information content (AvgIpc) is 3.07. The van der Waals surface area contributed by atoms with Crippen LogP contribution < -0.4 is 0 Å². The fourth-order valence-electron chi connectivity index (χ4n) is 3.80. The van der Waals surface area contributed by atoms with Gasteiger partial charge in [-0.05, 0) is 45.1 Å². The van der Waals surface area contributed by atoms with Crippen LogP contribution in [0.2, 0.25) is 0 Å². The van der Waals surface area contributed by atoms with Gasteiger partial charge in [0.15, 0.2) is 0 Å². The minimum atomic E-state index is -3.62. The predicted molar refractivity (Wildman–Crippen MR) is 97.1 cm³/mol. The Morgan fingerprint density at radius 3 is 2.76 bits per heavy atom. The summed E-state index contributed by atoms with van der Waals surface area (Å²) in [6, 6.07) is 2.72. The number of ether oxygens (including phenoxy) is 1. The zero-order chi connectivity index (χ0) is 18.2. The Morgan fingerprint density at radius 1 is 1.36 bits per heavy atom. The molecule has 2 saturated heterocycles. The topological polar surface area (TPSA) is 66.9 Å². The van der Waals surface area contributed by atoms with E-state index >= 15 is 0 Å². The number of carbonyl (C=O) groups excluding carboxylic acids is 1. The maximum Gasteiger partial charge on any atom is 0.253 e. The summed E-state index contributed by atoms with van der Waals surface area (Å²) in [4.78, 5) is 15.0. The third kappa shape index (κ3) is 3.92. The molecule has 0 saturated carbocycles. The van der Waals surface area contributed by atoms with Crippen LogP contribution in [0.25, 0.3) is 0 Å². The summed E-state index contributed by atoms with van der Waals surface area (Å²) < 4.78 is 33.6. The van der Waals surface area contributed by atoms with Crippen LogP contribution in [0.4, 0.5) is 0 Å². The number of carbonyl (C=O) groups is 1. The van der Waals surface area contributed by atoms with Crippen molar-refractivity contribution >= 4 is 27.3 Å². The molecule has 2 aliphatic heterocycles. The molecular formula is C17H26N2O4S2. The molecule has 0 bridgehead atoms. The van der Waals surface area contributed by atoms with Gasteiger partial charge in [-0.1, -0.05) is 12.5 Å². The fourth-order valence-corrected chi connectivity index (χ4v) is 6.57. The minimum absolute atomic E-state index is 0.0568. The number of rotatable bonds is 3. The van der Waals surface area contributed by atoms with Crippen LogP contribution in [0.5, 0.6) is 0 Å². The van der Waals surface area contributed by atoms with Gasteiger partial charge in [-0.15, -0.1) is 11.3 Å². The van der Waals surface area contributed by atoms with Gasteiger partial charge < -0.3 is 9.64 Å². The van der Waals surface area contributed by atoms with Gasteiger partial charge in [0.2, 0.25) is 5.91 Å². The molecule has 6 nitrogen and oxygen atoms in total. The molecule has 25 heavy (non-hydrogen) atoms. The molecule has 3 heterocycles. The molecule has 2 aliphatic rings. The van der Waals surface area contributed by atoms with E-state index in [4.69, 9.17) is 4.74 Å². The van der Waals surface area contributed by atoms with Crippen molar-refractivity contribution in [3.8, 4) is 0 Å². The van der Waals surface area contributed by atoms with Crippen LogP contribution in [0.15, 0.2) is 21.7 Å². The summed E-state index contributed by atoms with van der Waals surface area (Å²) in [7, 11) is -3.62. The predicted octanol–water partition coefficient (Wildman–Crippen LogP) is 2.32. The molecule has 0 aromatic carbocycles. The lowest BCUT2D eigenvalue weighted by atomic mass is 10.0. The highest BCUT2D eigenvalue weighted by Crippen LogP contribution is 2.30. The Balaban J connectivity index is 1.85. The van der Waals surface area contributed by atoms with Gasteiger partial charge in [0.1, 0.15) is 10.3 Å². The maximum absolute atomic E-state index is 13.2. The van der Waals surface area contributed by atoms with E-state index in [0.29, 0.717) is 30.3 Å². The van der Waals surface area contributed by atoms with Crippen LogP contribution >= 0.6 is 11.3 Å². The van der Waals surface area contributed by atoms with Crippen molar-refractivity contribution < 1.29 is 17.9 Å². The van der Waals surface area contributed by atoms with Gasteiger partial charge in [-0.2, -0.15) is 4.31 Å². The van der Waals surface area contributed by atoms with E-state index in [0.717, 1.165) is 12.8 Å². The SMILES string of the molecule is CC1CN(C(=O)C2CCCCN2S(=O)(=O)c2cccs2)CC(C)(C)O1. The molecule has 1 amide bonds. The second-order valence-electron chi connectivity index (χ2n) is 7.47. The highest BCUT2D eigenvalue weighted by Gasteiger charge is 2.42. The van der Waals surface area contributed by atoms with Crippen molar-refractivity contribution in [1.29, 1.82) is 0 Å². The van der Waals surface area contributed by atoms with E-state index in [9.17, 15) is 13.2 Å². The summed E-state index contributed by atoms with van der Waals surface area (Å²) in [5.74, 6) is -0.0944. The number of sulfonamides is 1. The Morgan fingerprint density at radius 2 is 2.12 bits per heavy atom. The number of hydrogen-bond donors (Lipinski definition) is 0. The van der Waals surface area contributed by atoms with E-state index in [1.165, 1.54) is 15.6 Å². The third-order valence-corrected chi connectivity index (χ3v) is 7.96. The largest absolute Gasteiger partial charge is 0.369 e. The number of thiophene rings is 1. The quantitative estimate of drug-likeness (QED) is 0.800. The lowest BCUT2D eigenvalue weighted by Crippen LogP contribution is -2.59. The Bertz CT molecular complexity index is 715. The molecule has 0 spiro atoms. The molecule has 1 aromatic heterocycles. The van der Waals surface area contributed by atoms with Gasteiger partial charge >= 0.3 is 0 Å². The van der Waals surface area contributed by atoms with Crippen LogP contribution in [-0.2, 0) is 19.6 Å². The van der Waals surface area contributed by atoms with Gasteiger partial charge in [-0.3, -0.25) is 4.79 Å². The fraction of sp³-hybridized carbons (Fsp3) is 0.706. The summed E-state index contributed by atoms with van der Waals surface area (Å²) in [6.07, 6.45) is 2.18. The zero-order valence-electron chi connectivity index (χ0n) is 15.0. The Hall–Kier alpha value is -0.960. The third-order valence-electron chi connectivity index (χ3n) is 4.68. The van der Waals surface area contributed by atoms with Crippen molar-refractivity contribution in [3.63, 3.8) is 0 Å². The molecule has 3 rings (SSSR count). The summed E-state index contributed by atoms with van der Waals surface area (Å²) in [6.45, 7) is 7.27. The second kappa shape index (κ2) is 6.98. The van der Waals surface area contributed by atoms with E-state index in [1.54, 1.807) is 22.4 Å². The molecule has 1 aromatic rings. The monoisotopic (exact) mass is 386 g/mol. The van der Waals surface area contributed by atoms with Crippen LogP contribution in [-0.4, -0.2) is 60.9 Å². The first kappa shape index (κ1) is 18.8. The van der Waals surface area contributed by atoms with Crippen molar-refractivity contribution in [2.45, 2.75) is 62.0 Å². The highest BCUT2D eigenvalue weighted by molar-refractivity contribution is 7.91. The highest BCUT2D eigenvalue weighted by atomic mass is 32.2. The molecule has 0 N–H and O–H groups in total. The molecular weight excluding hydrogens is 360 g/mol. The molecule has 2 atom stereocenters. The van der Waals surface area contributed by atoms with Crippen molar-refractivity contribution in [2.24, 2.45) is 0 Å². The molecule has 2 fully saturated rings. The number of amides is 1. The van der Waals surface area contributed by atoms with E-state index in [-0.39, 0.29) is 12.0 Å². The molecule has 0 radical (unpaired) electrons. The summed E-state index contributed by atoms with van der Waals surface area (Å²) >= 11 is 1.20. The number of nitrogens with zero attached hydrogens (tertiary/aromatic N) is 2. The first-order valence-electron chi connectivity index (χ1n) is 8.73. The smallest absolute Gasteiger partial charge is 0.253 e. The molecule has 0 aliphatic carbocycles. The van der Waals surface area contributed by atoms with Gasteiger partial charge in [-0.25, -0.2) is 8.42 Å². The van der Waals surface area contributed by atoms with Crippen LogP contribution in [0.3, 0.4) is 0 Å². The first-order chi connectivity index (χ1) is 11.7. The van der Waals surface area contributed by atoms with Gasteiger partial charge in [0.05, 0.1) is 11.7 Å². The maximum atomic E-state index is 13.2. The molecule has 8 heteroatoms. The van der Waals surface area contributed by atoms with Gasteiger partial charge in [0.25, 0.3) is 10.0 Å². The van der Waals surface area contributed by atoms with Gasteiger partial charge in [0, 0.05) is 19.6 Å². The normalized spacial score (nSPS) is 28.0. The van der Waals surface area contributed by atoms with Crippen molar-refractivity contribution in [2.75, 3.05) is 19.6 Å². The first-order valence-corrected chi connectivity index (χ1v) is 11.0. The zero-order valence-corrected chi connectivity index (χ0v) is 16.6. The number of morpholine rings is 1.